The van der Waals surface area contributed by atoms with E-state index >= 15 is 0 Å². The van der Waals surface area contributed by atoms with E-state index in [1.165, 1.54) is 0 Å². The molecule has 1 unspecified atom stereocenters. The topological polar surface area (TPSA) is 122 Å². The summed E-state index contributed by atoms with van der Waals surface area (Å²) in [5, 5.41) is 19.5. The third-order valence-electron chi connectivity index (χ3n) is 3.98. The zero-order valence-electron chi connectivity index (χ0n) is 15.7. The largest absolute Gasteiger partial charge is 0.489 e. The summed E-state index contributed by atoms with van der Waals surface area (Å²) < 4.78 is 10.6. The molecule has 0 spiro atoms. The molecular weight excluding hydrogens is 378 g/mol. The first-order valence-electron chi connectivity index (χ1n) is 9.07. The standard InChI is InChI=1S/C21H23NO7/c23-19(24)13-18(20(25)26)22-21(27)28-12-4-7-15-8-10-17(11-9-15)29-14-16-5-2-1-3-6-16/h1-3,5-6,8-11,18H,4,7,12-14H2,(H,22,27)(H,23,24)(H,25,26). The van der Waals surface area contributed by atoms with E-state index in [1.807, 2.05) is 59.9 Å². The monoisotopic (exact) mass is 401 g/mol. The van der Waals surface area contributed by atoms with E-state index in [-0.39, 0.29) is 6.61 Å². The van der Waals surface area contributed by atoms with Crippen LogP contribution >= 0.6 is 0 Å². The maximum atomic E-state index is 11.6. The summed E-state index contributed by atoms with van der Waals surface area (Å²) in [6.45, 7) is 0.569. The molecule has 0 saturated heterocycles. The molecule has 0 aliphatic carbocycles. The molecule has 2 aromatic rings. The van der Waals surface area contributed by atoms with Gasteiger partial charge in [-0.3, -0.25) is 4.79 Å². The van der Waals surface area contributed by atoms with Crippen molar-refractivity contribution in [1.82, 2.24) is 5.32 Å². The summed E-state index contributed by atoms with van der Waals surface area (Å²) in [5.74, 6) is -2.00. The van der Waals surface area contributed by atoms with Crippen molar-refractivity contribution in [2.45, 2.75) is 31.9 Å². The van der Waals surface area contributed by atoms with Crippen molar-refractivity contribution in [2.24, 2.45) is 0 Å². The zero-order chi connectivity index (χ0) is 21.1. The van der Waals surface area contributed by atoms with E-state index in [1.54, 1.807) is 0 Å². The Hall–Kier alpha value is -3.55. The van der Waals surface area contributed by atoms with Crippen LogP contribution in [0.1, 0.15) is 24.0 Å². The molecule has 0 radical (unpaired) electrons. The van der Waals surface area contributed by atoms with Crippen LogP contribution in [0, 0.1) is 0 Å². The van der Waals surface area contributed by atoms with Gasteiger partial charge >= 0.3 is 18.0 Å². The van der Waals surface area contributed by atoms with Crippen LogP contribution in [0.5, 0.6) is 5.75 Å². The highest BCUT2D eigenvalue weighted by Crippen LogP contribution is 2.15. The molecular formula is C21H23NO7. The molecule has 29 heavy (non-hydrogen) atoms. The molecule has 0 fully saturated rings. The van der Waals surface area contributed by atoms with Gasteiger partial charge < -0.3 is 25.0 Å². The summed E-state index contributed by atoms with van der Waals surface area (Å²) in [7, 11) is 0. The second-order valence-electron chi connectivity index (χ2n) is 6.29. The van der Waals surface area contributed by atoms with E-state index in [0.717, 1.165) is 16.9 Å². The number of aliphatic carboxylic acids is 2. The van der Waals surface area contributed by atoms with Crippen molar-refractivity contribution in [3.05, 3.63) is 65.7 Å². The van der Waals surface area contributed by atoms with Crippen LogP contribution in [0.2, 0.25) is 0 Å². The minimum absolute atomic E-state index is 0.0809. The minimum atomic E-state index is -1.52. The molecule has 0 aromatic heterocycles. The molecule has 0 bridgehead atoms. The van der Waals surface area contributed by atoms with Crippen molar-refractivity contribution >= 4 is 18.0 Å². The maximum absolute atomic E-state index is 11.6. The molecule has 0 saturated carbocycles. The van der Waals surface area contributed by atoms with Crippen LogP contribution in [0.3, 0.4) is 0 Å². The van der Waals surface area contributed by atoms with Crippen LogP contribution in [0.15, 0.2) is 54.6 Å². The van der Waals surface area contributed by atoms with E-state index in [2.05, 4.69) is 0 Å². The highest BCUT2D eigenvalue weighted by Gasteiger charge is 2.23. The fourth-order valence-corrected chi connectivity index (χ4v) is 2.49. The van der Waals surface area contributed by atoms with Crippen LogP contribution in [0.4, 0.5) is 4.79 Å². The number of alkyl carbamates (subject to hydrolysis) is 1. The van der Waals surface area contributed by atoms with E-state index in [4.69, 9.17) is 19.7 Å². The fraction of sp³-hybridized carbons (Fsp3) is 0.286. The Bertz CT molecular complexity index is 806. The first kappa shape index (κ1) is 21.7. The van der Waals surface area contributed by atoms with Gasteiger partial charge in [0, 0.05) is 0 Å². The molecule has 0 aliphatic heterocycles. The Morgan fingerprint density at radius 1 is 0.931 bits per heavy atom. The average molecular weight is 401 g/mol. The number of nitrogens with one attached hydrogen (secondary N) is 1. The van der Waals surface area contributed by atoms with Crippen molar-refractivity contribution in [2.75, 3.05) is 6.61 Å². The van der Waals surface area contributed by atoms with Gasteiger partial charge in [-0.2, -0.15) is 0 Å². The van der Waals surface area contributed by atoms with Crippen molar-refractivity contribution in [3.63, 3.8) is 0 Å². The first-order valence-corrected chi connectivity index (χ1v) is 9.07. The summed E-state index contributed by atoms with van der Waals surface area (Å²) in [6.07, 6.45) is -0.482. The Morgan fingerprint density at radius 3 is 2.24 bits per heavy atom. The lowest BCUT2D eigenvalue weighted by molar-refractivity contribution is -0.145. The van der Waals surface area contributed by atoms with Crippen molar-refractivity contribution in [3.8, 4) is 5.75 Å². The molecule has 8 heteroatoms. The summed E-state index contributed by atoms with van der Waals surface area (Å²) in [4.78, 5) is 33.1. The number of ether oxygens (including phenoxy) is 2. The molecule has 1 amide bonds. The lowest BCUT2D eigenvalue weighted by Gasteiger charge is -2.12. The highest BCUT2D eigenvalue weighted by atomic mass is 16.5. The number of aryl methyl sites for hydroxylation is 1. The third kappa shape index (κ3) is 8.34. The number of rotatable bonds is 11. The first-order chi connectivity index (χ1) is 13.9. The lowest BCUT2D eigenvalue weighted by Crippen LogP contribution is -2.42. The highest BCUT2D eigenvalue weighted by molar-refractivity contribution is 5.84. The normalized spacial score (nSPS) is 11.3. The number of benzene rings is 2. The van der Waals surface area contributed by atoms with Gasteiger partial charge in [0.2, 0.25) is 0 Å². The fourth-order valence-electron chi connectivity index (χ4n) is 2.49. The minimum Gasteiger partial charge on any atom is -0.489 e. The molecule has 2 rings (SSSR count). The second-order valence-corrected chi connectivity index (χ2v) is 6.29. The van der Waals surface area contributed by atoms with E-state index in [9.17, 15) is 14.4 Å². The average Bonchev–Trinajstić information content (AvgIpc) is 2.70. The molecule has 1 atom stereocenters. The molecule has 3 N–H and O–H groups in total. The summed E-state index contributed by atoms with van der Waals surface area (Å²) in [6, 6.07) is 15.9. The maximum Gasteiger partial charge on any atom is 0.407 e. The van der Waals surface area contributed by atoms with Crippen LogP contribution < -0.4 is 10.1 Å². The Labute approximate surface area is 168 Å². The van der Waals surface area contributed by atoms with Crippen molar-refractivity contribution in [1.29, 1.82) is 0 Å². The predicted molar refractivity (Wildman–Crippen MR) is 104 cm³/mol. The van der Waals surface area contributed by atoms with Crippen molar-refractivity contribution < 1.29 is 34.1 Å². The summed E-state index contributed by atoms with van der Waals surface area (Å²) >= 11 is 0. The van der Waals surface area contributed by atoms with Gasteiger partial charge in [-0.25, -0.2) is 9.59 Å². The smallest absolute Gasteiger partial charge is 0.407 e. The number of hydrogen-bond acceptors (Lipinski definition) is 5. The van der Waals surface area contributed by atoms with Crippen LogP contribution in [0.25, 0.3) is 0 Å². The number of hydrogen-bond donors (Lipinski definition) is 3. The molecule has 0 aliphatic rings. The Kier molecular flexibility index (Phi) is 8.50. The van der Waals surface area contributed by atoms with Gasteiger partial charge in [-0.05, 0) is 36.1 Å². The Morgan fingerprint density at radius 2 is 1.62 bits per heavy atom. The molecule has 0 heterocycles. The van der Waals surface area contributed by atoms with Gasteiger partial charge in [0.1, 0.15) is 18.4 Å². The third-order valence-corrected chi connectivity index (χ3v) is 3.98. The Balaban J connectivity index is 1.67. The number of carbonyl (C=O) groups is 3. The molecule has 154 valence electrons. The van der Waals surface area contributed by atoms with Gasteiger partial charge in [0.05, 0.1) is 13.0 Å². The quantitative estimate of drug-likeness (QED) is 0.495. The molecule has 2 aromatic carbocycles. The van der Waals surface area contributed by atoms with E-state index in [0.29, 0.717) is 19.4 Å². The predicted octanol–water partition coefficient (Wildman–Crippen LogP) is 2.85. The number of carboxylic acids is 2. The van der Waals surface area contributed by atoms with Gasteiger partial charge in [0.15, 0.2) is 0 Å². The number of carboxylic acid groups (broad SMARTS) is 2. The summed E-state index contributed by atoms with van der Waals surface area (Å²) in [5.41, 5.74) is 2.12. The second kappa shape index (κ2) is 11.3. The molecule has 8 nitrogen and oxygen atoms in total. The number of amides is 1. The lowest BCUT2D eigenvalue weighted by atomic mass is 10.1. The zero-order valence-corrected chi connectivity index (χ0v) is 15.7. The van der Waals surface area contributed by atoms with Crippen LogP contribution in [-0.2, 0) is 27.4 Å². The van der Waals surface area contributed by atoms with Gasteiger partial charge in [-0.15, -0.1) is 0 Å². The van der Waals surface area contributed by atoms with Gasteiger partial charge in [0.25, 0.3) is 0 Å². The van der Waals surface area contributed by atoms with Crippen LogP contribution in [-0.4, -0.2) is 40.9 Å². The van der Waals surface area contributed by atoms with Gasteiger partial charge in [-0.1, -0.05) is 42.5 Å². The van der Waals surface area contributed by atoms with E-state index < -0.39 is 30.5 Å². The number of carbonyl (C=O) groups excluding carboxylic acids is 1. The SMILES string of the molecule is O=C(O)CC(NC(=O)OCCCc1ccc(OCc2ccccc2)cc1)C(=O)O.